The molecule has 0 saturated carbocycles. The fourth-order valence-corrected chi connectivity index (χ4v) is 4.19. The van der Waals surface area contributed by atoms with E-state index in [9.17, 15) is 8.78 Å². The highest BCUT2D eigenvalue weighted by atomic mass is 19.3. The van der Waals surface area contributed by atoms with E-state index < -0.39 is 11.8 Å². The zero-order valence-electron chi connectivity index (χ0n) is 13.3. The maximum absolute atomic E-state index is 14.9. The lowest BCUT2D eigenvalue weighted by Gasteiger charge is -2.23. The summed E-state index contributed by atoms with van der Waals surface area (Å²) >= 11 is 0. The molecule has 1 nitrogen and oxygen atoms in total. The van der Waals surface area contributed by atoms with Crippen molar-refractivity contribution in [2.75, 3.05) is 13.1 Å². The molecule has 0 aromatic heterocycles. The minimum Gasteiger partial charge on any atom is -0.316 e. The lowest BCUT2D eigenvalue weighted by atomic mass is 9.84. The molecule has 0 spiro atoms. The van der Waals surface area contributed by atoms with Gasteiger partial charge in [-0.25, -0.2) is 8.78 Å². The number of halogens is 2. The second kappa shape index (κ2) is 5.41. The number of hydrogen-bond donors (Lipinski definition) is 1. The van der Waals surface area contributed by atoms with E-state index in [0.717, 1.165) is 53.7 Å². The third-order valence-corrected chi connectivity index (χ3v) is 5.18. The van der Waals surface area contributed by atoms with Crippen molar-refractivity contribution in [2.24, 2.45) is 0 Å². The van der Waals surface area contributed by atoms with E-state index in [0.29, 0.717) is 0 Å². The van der Waals surface area contributed by atoms with Crippen LogP contribution >= 0.6 is 0 Å². The second-order valence-electron chi connectivity index (χ2n) is 6.81. The molecule has 120 valence electrons. The molecule has 1 heterocycles. The SMILES string of the molecule is Cc1cccc(C2c3c(ccc4c3CCNCC4)CC2(F)F)c1. The minimum absolute atomic E-state index is 0.137. The van der Waals surface area contributed by atoms with E-state index in [2.05, 4.69) is 11.4 Å². The van der Waals surface area contributed by atoms with Gasteiger partial charge in [0.2, 0.25) is 0 Å². The fourth-order valence-electron chi connectivity index (χ4n) is 4.19. The Morgan fingerprint density at radius 2 is 1.83 bits per heavy atom. The second-order valence-corrected chi connectivity index (χ2v) is 6.81. The third kappa shape index (κ3) is 2.47. The first-order valence-electron chi connectivity index (χ1n) is 8.35. The van der Waals surface area contributed by atoms with E-state index in [4.69, 9.17) is 0 Å². The zero-order valence-corrected chi connectivity index (χ0v) is 13.3. The van der Waals surface area contributed by atoms with Crippen LogP contribution < -0.4 is 5.32 Å². The van der Waals surface area contributed by atoms with Crippen LogP contribution in [0, 0.1) is 6.92 Å². The summed E-state index contributed by atoms with van der Waals surface area (Å²) in [5.74, 6) is -3.50. The lowest BCUT2D eigenvalue weighted by molar-refractivity contribution is -0.00372. The topological polar surface area (TPSA) is 12.0 Å². The molecule has 0 saturated heterocycles. The number of rotatable bonds is 1. The Labute approximate surface area is 135 Å². The molecule has 2 aromatic carbocycles. The Bertz CT molecular complexity index is 751. The molecule has 0 bridgehead atoms. The van der Waals surface area contributed by atoms with Crippen LogP contribution in [0.4, 0.5) is 8.78 Å². The molecule has 1 aliphatic heterocycles. The quantitative estimate of drug-likeness (QED) is 0.839. The monoisotopic (exact) mass is 313 g/mol. The Hall–Kier alpha value is -1.74. The molecular weight excluding hydrogens is 292 g/mol. The van der Waals surface area contributed by atoms with Crippen molar-refractivity contribution in [1.29, 1.82) is 0 Å². The molecule has 2 aromatic rings. The molecule has 1 aliphatic carbocycles. The van der Waals surface area contributed by atoms with Crippen molar-refractivity contribution >= 4 is 0 Å². The highest BCUT2D eigenvalue weighted by Crippen LogP contribution is 2.50. The van der Waals surface area contributed by atoms with E-state index >= 15 is 0 Å². The highest BCUT2D eigenvalue weighted by molar-refractivity contribution is 5.53. The average Bonchev–Trinajstić information content (AvgIpc) is 2.65. The molecule has 1 N–H and O–H groups in total. The predicted molar refractivity (Wildman–Crippen MR) is 88.4 cm³/mol. The first-order valence-corrected chi connectivity index (χ1v) is 8.35. The van der Waals surface area contributed by atoms with Gasteiger partial charge < -0.3 is 5.32 Å². The summed E-state index contributed by atoms with van der Waals surface area (Å²) in [7, 11) is 0. The summed E-state index contributed by atoms with van der Waals surface area (Å²) in [6.07, 6.45) is 1.63. The maximum Gasteiger partial charge on any atom is 0.262 e. The normalized spacial score (nSPS) is 22.3. The number of benzene rings is 2. The van der Waals surface area contributed by atoms with Crippen molar-refractivity contribution < 1.29 is 8.78 Å². The van der Waals surface area contributed by atoms with Gasteiger partial charge in [0.25, 0.3) is 5.92 Å². The van der Waals surface area contributed by atoms with E-state index in [1.165, 1.54) is 5.56 Å². The summed E-state index contributed by atoms with van der Waals surface area (Å²) in [6.45, 7) is 3.76. The van der Waals surface area contributed by atoms with Crippen molar-refractivity contribution in [3.63, 3.8) is 0 Å². The number of nitrogens with one attached hydrogen (secondary N) is 1. The van der Waals surface area contributed by atoms with Crippen LogP contribution in [0.2, 0.25) is 0 Å². The Kier molecular flexibility index (Phi) is 3.49. The predicted octanol–water partition coefficient (Wildman–Crippen LogP) is 4.01. The van der Waals surface area contributed by atoms with Crippen molar-refractivity contribution in [3.05, 3.63) is 69.8 Å². The molecule has 0 radical (unpaired) electrons. The first-order chi connectivity index (χ1) is 11.1. The van der Waals surface area contributed by atoms with Gasteiger partial charge in [-0.3, -0.25) is 0 Å². The summed E-state index contributed by atoms with van der Waals surface area (Å²) < 4.78 is 29.7. The molecule has 3 heteroatoms. The molecular formula is C20H21F2N. The molecule has 2 aliphatic rings. The third-order valence-electron chi connectivity index (χ3n) is 5.18. The van der Waals surface area contributed by atoms with Gasteiger partial charge in [0.1, 0.15) is 0 Å². The van der Waals surface area contributed by atoms with Crippen LogP contribution in [0.1, 0.15) is 39.3 Å². The van der Waals surface area contributed by atoms with Crippen molar-refractivity contribution in [1.82, 2.24) is 5.32 Å². The molecule has 4 rings (SSSR count). The highest BCUT2D eigenvalue weighted by Gasteiger charge is 2.49. The number of aryl methyl sites for hydroxylation is 1. The minimum atomic E-state index is -2.70. The van der Waals surface area contributed by atoms with Crippen molar-refractivity contribution in [3.8, 4) is 0 Å². The number of fused-ring (bicyclic) bond motifs is 3. The fraction of sp³-hybridized carbons (Fsp3) is 0.400. The Morgan fingerprint density at radius 3 is 2.65 bits per heavy atom. The maximum atomic E-state index is 14.9. The molecule has 0 amide bonds. The van der Waals surface area contributed by atoms with Gasteiger partial charge in [0.05, 0.1) is 5.92 Å². The van der Waals surface area contributed by atoms with Gasteiger partial charge in [-0.05, 0) is 60.7 Å². The molecule has 23 heavy (non-hydrogen) atoms. The van der Waals surface area contributed by atoms with Crippen LogP contribution in [0.15, 0.2) is 36.4 Å². The van der Waals surface area contributed by atoms with Crippen LogP contribution in [-0.2, 0) is 19.3 Å². The van der Waals surface area contributed by atoms with E-state index in [1.807, 2.05) is 37.3 Å². The van der Waals surface area contributed by atoms with Gasteiger partial charge in [0.15, 0.2) is 0 Å². The standard InChI is InChI=1S/C20H21F2N/c1-13-3-2-4-15(11-13)19-18-16(12-20(19,21)22)6-5-14-7-9-23-10-8-17(14)18/h2-6,11,19,23H,7-10,12H2,1H3. The van der Waals surface area contributed by atoms with Gasteiger partial charge >= 0.3 is 0 Å². The van der Waals surface area contributed by atoms with Crippen LogP contribution in [0.5, 0.6) is 0 Å². The van der Waals surface area contributed by atoms with E-state index in [1.54, 1.807) is 0 Å². The average molecular weight is 313 g/mol. The van der Waals surface area contributed by atoms with Gasteiger partial charge in [0, 0.05) is 6.42 Å². The molecule has 1 atom stereocenters. The first kappa shape index (κ1) is 14.8. The smallest absolute Gasteiger partial charge is 0.262 e. The molecule has 1 unspecified atom stereocenters. The van der Waals surface area contributed by atoms with Crippen LogP contribution in [0.3, 0.4) is 0 Å². The summed E-state index contributed by atoms with van der Waals surface area (Å²) in [6, 6.07) is 11.6. The lowest BCUT2D eigenvalue weighted by Crippen LogP contribution is -2.24. The van der Waals surface area contributed by atoms with Crippen LogP contribution in [-0.4, -0.2) is 19.0 Å². The number of alkyl halides is 2. The molecule has 0 fully saturated rings. The van der Waals surface area contributed by atoms with Crippen LogP contribution in [0.25, 0.3) is 0 Å². The Balaban J connectivity index is 1.91. The van der Waals surface area contributed by atoms with Crippen molar-refractivity contribution in [2.45, 2.75) is 38.0 Å². The number of hydrogen-bond acceptors (Lipinski definition) is 1. The van der Waals surface area contributed by atoms with Gasteiger partial charge in [-0.1, -0.05) is 42.0 Å². The van der Waals surface area contributed by atoms with Gasteiger partial charge in [-0.15, -0.1) is 0 Å². The summed E-state index contributed by atoms with van der Waals surface area (Å²) in [4.78, 5) is 0. The van der Waals surface area contributed by atoms with Gasteiger partial charge in [-0.2, -0.15) is 0 Å². The van der Waals surface area contributed by atoms with E-state index in [-0.39, 0.29) is 6.42 Å². The largest absolute Gasteiger partial charge is 0.316 e. The zero-order chi connectivity index (χ0) is 16.0. The summed E-state index contributed by atoms with van der Waals surface area (Å²) in [5.41, 5.74) is 5.93. The Morgan fingerprint density at radius 1 is 1.04 bits per heavy atom. The summed E-state index contributed by atoms with van der Waals surface area (Å²) in [5, 5.41) is 3.38.